The molecule has 0 radical (unpaired) electrons. The first-order valence-corrected chi connectivity index (χ1v) is 6.88. The number of hydrogen-bond donors (Lipinski definition) is 1. The Balaban J connectivity index is 2.03. The summed E-state index contributed by atoms with van der Waals surface area (Å²) in [4.78, 5) is 15.0. The summed E-state index contributed by atoms with van der Waals surface area (Å²) in [6, 6.07) is 0. The zero-order valence-corrected chi connectivity index (χ0v) is 11.4. The summed E-state index contributed by atoms with van der Waals surface area (Å²) < 4.78 is 0. The maximum atomic E-state index is 4.52. The van der Waals surface area contributed by atoms with Crippen LogP contribution in [-0.4, -0.2) is 28.5 Å². The van der Waals surface area contributed by atoms with Crippen LogP contribution in [0.4, 0.5) is 11.6 Å². The van der Waals surface area contributed by atoms with Gasteiger partial charge in [-0.05, 0) is 6.42 Å². The number of anilines is 2. The van der Waals surface area contributed by atoms with Gasteiger partial charge in [0, 0.05) is 19.0 Å². The van der Waals surface area contributed by atoms with E-state index in [2.05, 4.69) is 27.2 Å². The third kappa shape index (κ3) is 3.40. The maximum absolute atomic E-state index is 4.52. The summed E-state index contributed by atoms with van der Waals surface area (Å²) in [5.41, 5.74) is 2.89. The predicted molar refractivity (Wildman–Crippen MR) is 75.0 cm³/mol. The van der Waals surface area contributed by atoms with Gasteiger partial charge in [-0.15, -0.1) is 11.3 Å². The van der Waals surface area contributed by atoms with Gasteiger partial charge >= 0.3 is 0 Å². The number of rotatable bonds is 6. The predicted octanol–water partition coefficient (Wildman–Crippen LogP) is 2.39. The monoisotopic (exact) mass is 263 g/mol. The van der Waals surface area contributed by atoms with Crippen LogP contribution in [0.5, 0.6) is 0 Å². The number of thiazole rings is 1. The second-order valence-electron chi connectivity index (χ2n) is 4.03. The molecule has 2 aromatic heterocycles. The molecule has 2 heterocycles. The minimum atomic E-state index is 0.745. The van der Waals surface area contributed by atoms with Gasteiger partial charge in [-0.3, -0.25) is 4.98 Å². The van der Waals surface area contributed by atoms with Crippen LogP contribution in [0.25, 0.3) is 0 Å². The molecule has 96 valence electrons. The van der Waals surface area contributed by atoms with E-state index in [0.717, 1.165) is 36.8 Å². The first-order valence-electron chi connectivity index (χ1n) is 5.93. The fourth-order valence-electron chi connectivity index (χ4n) is 1.52. The van der Waals surface area contributed by atoms with Crippen molar-refractivity contribution < 1.29 is 0 Å². The topological polar surface area (TPSA) is 53.9 Å². The van der Waals surface area contributed by atoms with Crippen molar-refractivity contribution in [3.8, 4) is 0 Å². The van der Waals surface area contributed by atoms with E-state index >= 15 is 0 Å². The van der Waals surface area contributed by atoms with Crippen LogP contribution in [0.3, 0.4) is 0 Å². The molecule has 0 aromatic carbocycles. The highest BCUT2D eigenvalue weighted by Crippen LogP contribution is 2.14. The van der Waals surface area contributed by atoms with E-state index in [1.807, 2.05) is 22.8 Å². The summed E-state index contributed by atoms with van der Waals surface area (Å²) in [5, 5.41) is 5.28. The molecule has 0 unspecified atom stereocenters. The SMILES string of the molecule is CCCNc1cncc(N(C)Cc2cscn2)n1. The largest absolute Gasteiger partial charge is 0.369 e. The van der Waals surface area contributed by atoms with Crippen molar-refractivity contribution in [1.29, 1.82) is 0 Å². The summed E-state index contributed by atoms with van der Waals surface area (Å²) in [7, 11) is 1.99. The maximum Gasteiger partial charge on any atom is 0.149 e. The third-order valence-corrected chi connectivity index (χ3v) is 3.09. The Hall–Kier alpha value is -1.69. The van der Waals surface area contributed by atoms with Gasteiger partial charge in [0.25, 0.3) is 0 Å². The number of hydrogen-bond acceptors (Lipinski definition) is 6. The molecular weight excluding hydrogens is 246 g/mol. The van der Waals surface area contributed by atoms with Crippen LogP contribution < -0.4 is 10.2 Å². The Morgan fingerprint density at radius 2 is 2.28 bits per heavy atom. The van der Waals surface area contributed by atoms with Crippen molar-refractivity contribution in [2.75, 3.05) is 23.8 Å². The first-order chi connectivity index (χ1) is 8.79. The third-order valence-electron chi connectivity index (χ3n) is 2.45. The second-order valence-corrected chi connectivity index (χ2v) is 4.74. The van der Waals surface area contributed by atoms with Gasteiger partial charge in [0.2, 0.25) is 0 Å². The standard InChI is InChI=1S/C12H17N5S/c1-3-4-14-11-5-13-6-12(16-11)17(2)7-10-8-18-9-15-10/h5-6,8-9H,3-4,7H2,1-2H3,(H,14,16). The molecule has 0 aliphatic rings. The molecule has 1 N–H and O–H groups in total. The van der Waals surface area contributed by atoms with Crippen molar-refractivity contribution in [3.63, 3.8) is 0 Å². The number of nitrogens with zero attached hydrogens (tertiary/aromatic N) is 4. The van der Waals surface area contributed by atoms with E-state index in [4.69, 9.17) is 0 Å². The second kappa shape index (κ2) is 6.30. The Morgan fingerprint density at radius 3 is 3.00 bits per heavy atom. The molecule has 0 aliphatic heterocycles. The van der Waals surface area contributed by atoms with E-state index in [0.29, 0.717) is 0 Å². The summed E-state index contributed by atoms with van der Waals surface area (Å²) in [5.74, 6) is 1.67. The summed E-state index contributed by atoms with van der Waals surface area (Å²) in [6.45, 7) is 3.78. The van der Waals surface area contributed by atoms with E-state index in [1.54, 1.807) is 23.7 Å². The smallest absolute Gasteiger partial charge is 0.149 e. The van der Waals surface area contributed by atoms with Crippen LogP contribution in [0, 0.1) is 0 Å². The minimum absolute atomic E-state index is 0.745. The van der Waals surface area contributed by atoms with Crippen LogP contribution in [0.2, 0.25) is 0 Å². The van der Waals surface area contributed by atoms with Gasteiger partial charge in [-0.2, -0.15) is 0 Å². The minimum Gasteiger partial charge on any atom is -0.369 e. The molecule has 2 aromatic rings. The van der Waals surface area contributed by atoms with Crippen molar-refractivity contribution >= 4 is 23.0 Å². The van der Waals surface area contributed by atoms with Crippen molar-refractivity contribution in [3.05, 3.63) is 29.0 Å². The van der Waals surface area contributed by atoms with E-state index < -0.39 is 0 Å². The molecule has 0 amide bonds. The summed E-state index contributed by atoms with van der Waals surface area (Å²) >= 11 is 1.60. The molecule has 5 nitrogen and oxygen atoms in total. The van der Waals surface area contributed by atoms with Gasteiger partial charge in [-0.25, -0.2) is 9.97 Å². The Kier molecular flexibility index (Phi) is 4.46. The lowest BCUT2D eigenvalue weighted by molar-refractivity contribution is 0.865. The molecule has 0 atom stereocenters. The van der Waals surface area contributed by atoms with Gasteiger partial charge in [0.15, 0.2) is 0 Å². The lowest BCUT2D eigenvalue weighted by atomic mass is 10.4. The molecule has 6 heteroatoms. The molecule has 0 spiro atoms. The fraction of sp³-hybridized carbons (Fsp3) is 0.417. The molecule has 0 bridgehead atoms. The molecule has 2 rings (SSSR count). The average Bonchev–Trinajstić information content (AvgIpc) is 2.89. The molecule has 0 fully saturated rings. The first kappa shape index (κ1) is 12.8. The van der Waals surface area contributed by atoms with Gasteiger partial charge in [0.1, 0.15) is 11.6 Å². The van der Waals surface area contributed by atoms with Crippen LogP contribution >= 0.6 is 11.3 Å². The summed E-state index contributed by atoms with van der Waals surface area (Å²) in [6.07, 6.45) is 4.58. The molecular formula is C12H17N5S. The van der Waals surface area contributed by atoms with Crippen LogP contribution in [-0.2, 0) is 6.54 Å². The Morgan fingerprint density at radius 1 is 1.39 bits per heavy atom. The fourth-order valence-corrected chi connectivity index (χ4v) is 2.07. The molecule has 0 saturated heterocycles. The van der Waals surface area contributed by atoms with E-state index in [1.165, 1.54) is 0 Å². The quantitative estimate of drug-likeness (QED) is 0.867. The van der Waals surface area contributed by atoms with Gasteiger partial charge < -0.3 is 10.2 Å². The van der Waals surface area contributed by atoms with Crippen LogP contribution in [0.1, 0.15) is 19.0 Å². The van der Waals surface area contributed by atoms with Crippen molar-refractivity contribution in [2.45, 2.75) is 19.9 Å². The highest BCUT2D eigenvalue weighted by atomic mass is 32.1. The Labute approximate surface area is 111 Å². The average molecular weight is 263 g/mol. The van der Waals surface area contributed by atoms with Crippen molar-refractivity contribution in [1.82, 2.24) is 15.0 Å². The van der Waals surface area contributed by atoms with E-state index in [9.17, 15) is 0 Å². The van der Waals surface area contributed by atoms with E-state index in [-0.39, 0.29) is 0 Å². The van der Waals surface area contributed by atoms with Crippen molar-refractivity contribution in [2.24, 2.45) is 0 Å². The molecule has 0 aliphatic carbocycles. The number of aromatic nitrogens is 3. The van der Waals surface area contributed by atoms with Crippen LogP contribution in [0.15, 0.2) is 23.3 Å². The number of nitrogens with one attached hydrogen (secondary N) is 1. The normalized spacial score (nSPS) is 10.3. The van der Waals surface area contributed by atoms with Gasteiger partial charge in [0.05, 0.1) is 30.1 Å². The lowest BCUT2D eigenvalue weighted by Crippen LogP contribution is -2.18. The molecule has 0 saturated carbocycles. The lowest BCUT2D eigenvalue weighted by Gasteiger charge is -2.17. The zero-order valence-electron chi connectivity index (χ0n) is 10.6. The van der Waals surface area contributed by atoms with Gasteiger partial charge in [-0.1, -0.05) is 6.92 Å². The Bertz CT molecular complexity index is 471. The highest BCUT2D eigenvalue weighted by Gasteiger charge is 2.06. The highest BCUT2D eigenvalue weighted by molar-refractivity contribution is 7.07. The molecule has 18 heavy (non-hydrogen) atoms. The zero-order chi connectivity index (χ0) is 12.8.